The highest BCUT2D eigenvalue weighted by atomic mass is 14.8. The van der Waals surface area contributed by atoms with Crippen LogP contribution in [0.2, 0.25) is 0 Å². The summed E-state index contributed by atoms with van der Waals surface area (Å²) in [6, 6.07) is 0. The topological polar surface area (TPSA) is 12.0 Å². The molecule has 1 nitrogen and oxygen atoms in total. The lowest BCUT2D eigenvalue weighted by Gasteiger charge is -2.22. The molecule has 0 bridgehead atoms. The first-order chi connectivity index (χ1) is 6.84. The van der Waals surface area contributed by atoms with Gasteiger partial charge in [0.1, 0.15) is 0 Å². The molecule has 1 saturated carbocycles. The number of nitrogens with one attached hydrogen (secondary N) is 1. The quantitative estimate of drug-likeness (QED) is 0.524. The molecule has 1 rings (SSSR count). The lowest BCUT2D eigenvalue weighted by molar-refractivity contribution is 0.308. The minimum atomic E-state index is 0.889. The Hall–Kier alpha value is -0.0400. The molecular formula is C13H27N. The van der Waals surface area contributed by atoms with Crippen molar-refractivity contribution in [3.63, 3.8) is 0 Å². The maximum absolute atomic E-state index is 3.55. The van der Waals surface area contributed by atoms with Crippen LogP contribution in [-0.4, -0.2) is 13.1 Å². The van der Waals surface area contributed by atoms with Crippen LogP contribution in [0.5, 0.6) is 0 Å². The third-order valence-corrected chi connectivity index (χ3v) is 3.60. The van der Waals surface area contributed by atoms with Crippen LogP contribution in [0.4, 0.5) is 0 Å². The molecule has 0 spiro atoms. The van der Waals surface area contributed by atoms with E-state index in [1.165, 1.54) is 58.0 Å². The smallest absolute Gasteiger partial charge is 0.00205 e. The zero-order valence-electron chi connectivity index (χ0n) is 10.0. The molecule has 84 valence electrons. The molecule has 1 aliphatic carbocycles. The summed E-state index contributed by atoms with van der Waals surface area (Å²) in [5.74, 6) is 1.89. The molecule has 0 saturated heterocycles. The Kier molecular flexibility index (Phi) is 6.25. The van der Waals surface area contributed by atoms with Gasteiger partial charge >= 0.3 is 0 Å². The second-order valence-electron chi connectivity index (χ2n) is 4.93. The number of hydrogen-bond donors (Lipinski definition) is 1. The minimum absolute atomic E-state index is 0.889. The van der Waals surface area contributed by atoms with Gasteiger partial charge < -0.3 is 5.32 Å². The van der Waals surface area contributed by atoms with E-state index in [0.29, 0.717) is 0 Å². The molecule has 0 aromatic carbocycles. The fourth-order valence-corrected chi connectivity index (χ4v) is 2.55. The first kappa shape index (κ1) is 12.0. The lowest BCUT2D eigenvalue weighted by Crippen LogP contribution is -2.26. The molecule has 0 aromatic heterocycles. The van der Waals surface area contributed by atoms with E-state index in [-0.39, 0.29) is 0 Å². The Bertz CT molecular complexity index is 125. The van der Waals surface area contributed by atoms with Gasteiger partial charge in [0.25, 0.3) is 0 Å². The van der Waals surface area contributed by atoms with Crippen LogP contribution in [0.3, 0.4) is 0 Å². The van der Waals surface area contributed by atoms with E-state index < -0.39 is 0 Å². The SMILES string of the molecule is CCCNCC(C)C1CCCCCC1. The molecule has 1 unspecified atom stereocenters. The van der Waals surface area contributed by atoms with Crippen molar-refractivity contribution in [2.75, 3.05) is 13.1 Å². The van der Waals surface area contributed by atoms with E-state index in [4.69, 9.17) is 0 Å². The molecule has 1 aliphatic rings. The van der Waals surface area contributed by atoms with Crippen LogP contribution in [0.25, 0.3) is 0 Å². The van der Waals surface area contributed by atoms with Gasteiger partial charge in [-0.15, -0.1) is 0 Å². The highest BCUT2D eigenvalue weighted by Crippen LogP contribution is 2.28. The van der Waals surface area contributed by atoms with Gasteiger partial charge in [0.05, 0.1) is 0 Å². The van der Waals surface area contributed by atoms with Crippen molar-refractivity contribution < 1.29 is 0 Å². The van der Waals surface area contributed by atoms with E-state index in [9.17, 15) is 0 Å². The van der Waals surface area contributed by atoms with Gasteiger partial charge in [0.15, 0.2) is 0 Å². The molecule has 0 aliphatic heterocycles. The van der Waals surface area contributed by atoms with E-state index in [0.717, 1.165) is 11.8 Å². The number of hydrogen-bond acceptors (Lipinski definition) is 1. The first-order valence-electron chi connectivity index (χ1n) is 6.55. The van der Waals surface area contributed by atoms with Crippen molar-refractivity contribution in [2.24, 2.45) is 11.8 Å². The van der Waals surface area contributed by atoms with Crippen LogP contribution in [0, 0.1) is 11.8 Å². The summed E-state index contributed by atoms with van der Waals surface area (Å²) in [7, 11) is 0. The zero-order valence-corrected chi connectivity index (χ0v) is 10.0. The van der Waals surface area contributed by atoms with Gasteiger partial charge in [-0.3, -0.25) is 0 Å². The van der Waals surface area contributed by atoms with E-state index in [1.54, 1.807) is 0 Å². The second kappa shape index (κ2) is 7.28. The van der Waals surface area contributed by atoms with Gasteiger partial charge in [0.2, 0.25) is 0 Å². The van der Waals surface area contributed by atoms with Crippen molar-refractivity contribution in [3.05, 3.63) is 0 Å². The van der Waals surface area contributed by atoms with Gasteiger partial charge in [-0.1, -0.05) is 52.4 Å². The molecule has 1 N–H and O–H groups in total. The van der Waals surface area contributed by atoms with E-state index >= 15 is 0 Å². The molecule has 0 radical (unpaired) electrons. The van der Waals surface area contributed by atoms with Gasteiger partial charge in [-0.05, 0) is 31.3 Å². The Labute approximate surface area is 89.7 Å². The minimum Gasteiger partial charge on any atom is -0.316 e. The van der Waals surface area contributed by atoms with Gasteiger partial charge in [-0.25, -0.2) is 0 Å². The molecule has 0 heterocycles. The monoisotopic (exact) mass is 197 g/mol. The maximum Gasteiger partial charge on any atom is -0.00205 e. The summed E-state index contributed by atoms with van der Waals surface area (Å²) in [5, 5.41) is 3.55. The third kappa shape index (κ3) is 4.45. The second-order valence-corrected chi connectivity index (χ2v) is 4.93. The molecular weight excluding hydrogens is 170 g/mol. The van der Waals surface area contributed by atoms with Crippen LogP contribution in [0.15, 0.2) is 0 Å². The fourth-order valence-electron chi connectivity index (χ4n) is 2.55. The van der Waals surface area contributed by atoms with Gasteiger partial charge in [0, 0.05) is 0 Å². The van der Waals surface area contributed by atoms with Crippen LogP contribution < -0.4 is 5.32 Å². The molecule has 0 amide bonds. The average molecular weight is 197 g/mol. The Morgan fingerprint density at radius 1 is 1.14 bits per heavy atom. The largest absolute Gasteiger partial charge is 0.316 e. The summed E-state index contributed by atoms with van der Waals surface area (Å²) in [5.41, 5.74) is 0. The van der Waals surface area contributed by atoms with E-state index in [1.807, 2.05) is 0 Å². The molecule has 0 aromatic rings. The van der Waals surface area contributed by atoms with Crippen molar-refractivity contribution in [1.82, 2.24) is 5.32 Å². The van der Waals surface area contributed by atoms with Crippen LogP contribution in [0.1, 0.15) is 58.8 Å². The van der Waals surface area contributed by atoms with Gasteiger partial charge in [-0.2, -0.15) is 0 Å². The van der Waals surface area contributed by atoms with Crippen LogP contribution >= 0.6 is 0 Å². The highest BCUT2D eigenvalue weighted by Gasteiger charge is 2.18. The normalized spacial score (nSPS) is 21.9. The predicted octanol–water partition coefficient (Wildman–Crippen LogP) is 3.59. The summed E-state index contributed by atoms with van der Waals surface area (Å²) in [6.07, 6.45) is 10.1. The number of rotatable bonds is 5. The standard InChI is InChI=1S/C13H27N/c1-3-10-14-11-12(2)13-8-6-4-5-7-9-13/h12-14H,3-11H2,1-2H3. The average Bonchev–Trinajstić information content (AvgIpc) is 2.46. The van der Waals surface area contributed by atoms with E-state index in [2.05, 4.69) is 19.2 Å². The third-order valence-electron chi connectivity index (χ3n) is 3.60. The van der Waals surface area contributed by atoms with Crippen molar-refractivity contribution in [1.29, 1.82) is 0 Å². The first-order valence-corrected chi connectivity index (χ1v) is 6.55. The van der Waals surface area contributed by atoms with Crippen molar-refractivity contribution in [2.45, 2.75) is 58.8 Å². The summed E-state index contributed by atoms with van der Waals surface area (Å²) in [6.45, 7) is 7.09. The van der Waals surface area contributed by atoms with Crippen molar-refractivity contribution in [3.8, 4) is 0 Å². The Morgan fingerprint density at radius 3 is 2.36 bits per heavy atom. The predicted molar refractivity (Wildman–Crippen MR) is 63.5 cm³/mol. The fraction of sp³-hybridized carbons (Fsp3) is 1.00. The molecule has 1 fully saturated rings. The Morgan fingerprint density at radius 2 is 1.79 bits per heavy atom. The Balaban J connectivity index is 2.16. The lowest BCUT2D eigenvalue weighted by atomic mass is 9.87. The summed E-state index contributed by atoms with van der Waals surface area (Å²) < 4.78 is 0. The van der Waals surface area contributed by atoms with Crippen LogP contribution in [-0.2, 0) is 0 Å². The summed E-state index contributed by atoms with van der Waals surface area (Å²) >= 11 is 0. The molecule has 1 heteroatoms. The molecule has 1 atom stereocenters. The zero-order chi connectivity index (χ0) is 10.2. The summed E-state index contributed by atoms with van der Waals surface area (Å²) in [4.78, 5) is 0. The maximum atomic E-state index is 3.55. The van der Waals surface area contributed by atoms with Crippen molar-refractivity contribution >= 4 is 0 Å². The molecule has 14 heavy (non-hydrogen) atoms. The highest BCUT2D eigenvalue weighted by molar-refractivity contribution is 4.71.